The minimum Gasteiger partial charge on any atom is -0.354 e. The molecule has 2 aromatic rings. The largest absolute Gasteiger partial charge is 0.354 e. The number of hydrogen-bond acceptors (Lipinski definition) is 4. The molecular formula is C16H21BrN4. The van der Waals surface area contributed by atoms with E-state index in [1.54, 1.807) is 6.20 Å². The molecule has 0 saturated carbocycles. The lowest BCUT2D eigenvalue weighted by molar-refractivity contribution is 0.867. The molecule has 0 radical (unpaired) electrons. The quantitative estimate of drug-likeness (QED) is 0.777. The maximum absolute atomic E-state index is 4.48. The highest BCUT2D eigenvalue weighted by Crippen LogP contribution is 2.25. The Morgan fingerprint density at radius 1 is 1.19 bits per heavy atom. The molecule has 1 heterocycles. The zero-order valence-electron chi connectivity index (χ0n) is 12.7. The molecule has 112 valence electrons. The van der Waals surface area contributed by atoms with Crippen molar-refractivity contribution in [3.05, 3.63) is 40.5 Å². The van der Waals surface area contributed by atoms with Gasteiger partial charge in [-0.15, -0.1) is 0 Å². The third-order valence-electron chi connectivity index (χ3n) is 3.12. The van der Waals surface area contributed by atoms with E-state index in [0.717, 1.165) is 28.9 Å². The second-order valence-electron chi connectivity index (χ2n) is 5.22. The summed E-state index contributed by atoms with van der Waals surface area (Å²) in [4.78, 5) is 8.73. The lowest BCUT2D eigenvalue weighted by atomic mass is 10.0. The summed E-state index contributed by atoms with van der Waals surface area (Å²) in [5, 5.41) is 6.51. The van der Waals surface area contributed by atoms with Gasteiger partial charge in [0.25, 0.3) is 0 Å². The summed E-state index contributed by atoms with van der Waals surface area (Å²) in [7, 11) is 0. The van der Waals surface area contributed by atoms with Gasteiger partial charge >= 0.3 is 0 Å². The van der Waals surface area contributed by atoms with Crippen LogP contribution in [0.2, 0.25) is 0 Å². The third-order valence-corrected chi connectivity index (χ3v) is 3.70. The molecule has 0 aliphatic carbocycles. The van der Waals surface area contributed by atoms with E-state index in [2.05, 4.69) is 81.6 Å². The first-order valence-corrected chi connectivity index (χ1v) is 8.03. The predicted molar refractivity (Wildman–Crippen MR) is 92.3 cm³/mol. The molecule has 0 unspecified atom stereocenters. The summed E-state index contributed by atoms with van der Waals surface area (Å²) in [6, 6.07) is 8.42. The van der Waals surface area contributed by atoms with E-state index in [1.165, 1.54) is 5.56 Å². The molecule has 0 fully saturated rings. The molecule has 0 saturated heterocycles. The molecule has 0 spiro atoms. The van der Waals surface area contributed by atoms with E-state index < -0.39 is 0 Å². The molecule has 0 atom stereocenters. The number of nitrogens with one attached hydrogen (secondary N) is 2. The van der Waals surface area contributed by atoms with Crippen LogP contribution in [0.4, 0.5) is 17.5 Å². The minimum atomic E-state index is 0.537. The normalized spacial score (nSPS) is 10.7. The van der Waals surface area contributed by atoms with Crippen molar-refractivity contribution in [2.75, 3.05) is 17.2 Å². The second-order valence-corrected chi connectivity index (χ2v) is 6.07. The fourth-order valence-corrected chi connectivity index (χ4v) is 2.15. The monoisotopic (exact) mass is 348 g/mol. The van der Waals surface area contributed by atoms with Gasteiger partial charge in [0.05, 0.1) is 4.47 Å². The molecule has 0 bridgehead atoms. The first kappa shape index (κ1) is 15.8. The van der Waals surface area contributed by atoms with E-state index in [0.29, 0.717) is 11.9 Å². The fraction of sp³-hybridized carbons (Fsp3) is 0.375. The average molecular weight is 349 g/mol. The van der Waals surface area contributed by atoms with Crippen molar-refractivity contribution < 1.29 is 0 Å². The Kier molecular flexibility index (Phi) is 5.56. The van der Waals surface area contributed by atoms with Crippen LogP contribution in [0.15, 0.2) is 34.9 Å². The maximum atomic E-state index is 4.48. The molecular weight excluding hydrogens is 328 g/mol. The van der Waals surface area contributed by atoms with Gasteiger partial charge in [-0.1, -0.05) is 32.9 Å². The highest BCUT2D eigenvalue weighted by Gasteiger charge is 2.06. The van der Waals surface area contributed by atoms with Gasteiger partial charge in [-0.05, 0) is 46.0 Å². The van der Waals surface area contributed by atoms with Crippen molar-refractivity contribution in [3.8, 4) is 0 Å². The van der Waals surface area contributed by atoms with Crippen molar-refractivity contribution in [2.45, 2.75) is 33.1 Å². The van der Waals surface area contributed by atoms with Crippen molar-refractivity contribution in [1.29, 1.82) is 0 Å². The number of hydrogen-bond donors (Lipinski definition) is 2. The first-order chi connectivity index (χ1) is 10.1. The van der Waals surface area contributed by atoms with Crippen molar-refractivity contribution >= 4 is 33.4 Å². The summed E-state index contributed by atoms with van der Waals surface area (Å²) in [5.41, 5.74) is 2.34. The smallest absolute Gasteiger partial charge is 0.224 e. The number of halogens is 1. The van der Waals surface area contributed by atoms with E-state index >= 15 is 0 Å². The Morgan fingerprint density at radius 3 is 2.52 bits per heavy atom. The van der Waals surface area contributed by atoms with Crippen LogP contribution in [0.1, 0.15) is 38.7 Å². The predicted octanol–water partition coefficient (Wildman–Crippen LogP) is 4.93. The van der Waals surface area contributed by atoms with E-state index in [1.807, 2.05) is 0 Å². The molecule has 4 nitrogen and oxygen atoms in total. The summed E-state index contributed by atoms with van der Waals surface area (Å²) in [6.07, 6.45) is 2.80. The standard InChI is InChI=1S/C16H21BrN4/c1-4-9-18-16-19-10-14(17)15(21-16)20-13-7-5-12(6-8-13)11(2)3/h5-8,10-11H,4,9H2,1-3H3,(H2,18,19,20,21). The molecule has 2 N–H and O–H groups in total. The summed E-state index contributed by atoms with van der Waals surface area (Å²) >= 11 is 3.48. The SMILES string of the molecule is CCCNc1ncc(Br)c(Nc2ccc(C(C)C)cc2)n1. The summed E-state index contributed by atoms with van der Waals surface area (Å²) in [5.74, 6) is 1.94. The van der Waals surface area contributed by atoms with Crippen molar-refractivity contribution in [3.63, 3.8) is 0 Å². The van der Waals surface area contributed by atoms with E-state index in [9.17, 15) is 0 Å². The molecule has 0 aliphatic heterocycles. The van der Waals surface area contributed by atoms with Crippen LogP contribution in [-0.2, 0) is 0 Å². The van der Waals surface area contributed by atoms with Crippen LogP contribution in [-0.4, -0.2) is 16.5 Å². The molecule has 5 heteroatoms. The minimum absolute atomic E-state index is 0.537. The Bertz CT molecular complexity index is 581. The molecule has 2 rings (SSSR count). The van der Waals surface area contributed by atoms with Crippen LogP contribution >= 0.6 is 15.9 Å². The van der Waals surface area contributed by atoms with Crippen molar-refractivity contribution in [1.82, 2.24) is 9.97 Å². The Labute approximate surface area is 134 Å². The van der Waals surface area contributed by atoms with Crippen molar-refractivity contribution in [2.24, 2.45) is 0 Å². The second kappa shape index (κ2) is 7.41. The summed E-state index contributed by atoms with van der Waals surface area (Å²) in [6.45, 7) is 7.36. The number of rotatable bonds is 6. The number of benzene rings is 1. The molecule has 1 aromatic heterocycles. The number of aromatic nitrogens is 2. The highest BCUT2D eigenvalue weighted by molar-refractivity contribution is 9.10. The Morgan fingerprint density at radius 2 is 1.90 bits per heavy atom. The van der Waals surface area contributed by atoms with Gasteiger partial charge in [-0.25, -0.2) is 4.98 Å². The lowest BCUT2D eigenvalue weighted by Crippen LogP contribution is -2.06. The first-order valence-electron chi connectivity index (χ1n) is 7.23. The molecule has 1 aromatic carbocycles. The van der Waals surface area contributed by atoms with Crippen LogP contribution in [0.5, 0.6) is 0 Å². The molecule has 21 heavy (non-hydrogen) atoms. The number of anilines is 3. The Balaban J connectivity index is 2.14. The topological polar surface area (TPSA) is 49.8 Å². The van der Waals surface area contributed by atoms with E-state index in [-0.39, 0.29) is 0 Å². The van der Waals surface area contributed by atoms with Crippen LogP contribution in [0, 0.1) is 0 Å². The van der Waals surface area contributed by atoms with Gasteiger partial charge in [0.1, 0.15) is 5.82 Å². The molecule has 0 aliphatic rings. The third kappa shape index (κ3) is 4.43. The van der Waals surface area contributed by atoms with Crippen LogP contribution < -0.4 is 10.6 Å². The van der Waals surface area contributed by atoms with Gasteiger partial charge in [0.2, 0.25) is 5.95 Å². The summed E-state index contributed by atoms with van der Waals surface area (Å²) < 4.78 is 0.845. The Hall–Kier alpha value is -1.62. The zero-order valence-corrected chi connectivity index (χ0v) is 14.2. The average Bonchev–Trinajstić information content (AvgIpc) is 2.48. The van der Waals surface area contributed by atoms with Crippen LogP contribution in [0.25, 0.3) is 0 Å². The molecule has 0 amide bonds. The van der Waals surface area contributed by atoms with Gasteiger partial charge in [0.15, 0.2) is 0 Å². The van der Waals surface area contributed by atoms with Gasteiger partial charge in [-0.3, -0.25) is 0 Å². The highest BCUT2D eigenvalue weighted by atomic mass is 79.9. The lowest BCUT2D eigenvalue weighted by Gasteiger charge is -2.11. The zero-order chi connectivity index (χ0) is 15.2. The van der Waals surface area contributed by atoms with Gasteiger partial charge < -0.3 is 10.6 Å². The van der Waals surface area contributed by atoms with Gasteiger partial charge in [-0.2, -0.15) is 4.98 Å². The fourth-order valence-electron chi connectivity index (χ4n) is 1.86. The maximum Gasteiger partial charge on any atom is 0.224 e. The van der Waals surface area contributed by atoms with Gasteiger partial charge in [0, 0.05) is 18.4 Å². The van der Waals surface area contributed by atoms with E-state index in [4.69, 9.17) is 0 Å². The van der Waals surface area contributed by atoms with Crippen LogP contribution in [0.3, 0.4) is 0 Å². The number of nitrogens with zero attached hydrogens (tertiary/aromatic N) is 2.